The highest BCUT2D eigenvalue weighted by Crippen LogP contribution is 2.31. The summed E-state index contributed by atoms with van der Waals surface area (Å²) in [7, 11) is 0. The van der Waals surface area contributed by atoms with Gasteiger partial charge >= 0.3 is 6.36 Å². The van der Waals surface area contributed by atoms with Gasteiger partial charge in [0.25, 0.3) is 5.91 Å². The molecule has 7 nitrogen and oxygen atoms in total. The van der Waals surface area contributed by atoms with E-state index >= 15 is 0 Å². The number of hydrogen-bond donors (Lipinski definition) is 0. The molecule has 42 heavy (non-hydrogen) atoms. The fourth-order valence-electron chi connectivity index (χ4n) is 4.78. The van der Waals surface area contributed by atoms with E-state index in [9.17, 15) is 18.0 Å². The van der Waals surface area contributed by atoms with Gasteiger partial charge in [-0.1, -0.05) is 62.0 Å². The Bertz CT molecular complexity index is 1860. The van der Waals surface area contributed by atoms with E-state index < -0.39 is 6.36 Å². The number of halogens is 3. The number of hydrazone groups is 1. The molecule has 0 unspecified atom stereocenters. The molecule has 0 aliphatic carbocycles. The highest BCUT2D eigenvalue weighted by molar-refractivity contribution is 8.15. The minimum Gasteiger partial charge on any atom is -0.406 e. The number of rotatable bonds is 6. The summed E-state index contributed by atoms with van der Waals surface area (Å²) in [5, 5.41) is 8.19. The lowest BCUT2D eigenvalue weighted by Gasteiger charge is -2.12. The molecule has 0 saturated carbocycles. The number of fused-ring (bicyclic) bond motifs is 3. The number of imidazole rings is 1. The Balaban J connectivity index is 1.26. The van der Waals surface area contributed by atoms with Gasteiger partial charge in [0.1, 0.15) is 12.1 Å². The molecule has 212 valence electrons. The van der Waals surface area contributed by atoms with Crippen molar-refractivity contribution in [3.05, 3.63) is 96.3 Å². The summed E-state index contributed by atoms with van der Waals surface area (Å²) in [6.07, 6.45) is -1.47. The van der Waals surface area contributed by atoms with Crippen molar-refractivity contribution in [1.82, 2.24) is 14.6 Å². The fraction of sp³-hybridized carbons (Fsp3) is 0.161. The van der Waals surface area contributed by atoms with E-state index in [0.29, 0.717) is 16.8 Å². The van der Waals surface area contributed by atoms with Crippen molar-refractivity contribution >= 4 is 56.5 Å². The Morgan fingerprint density at radius 2 is 1.81 bits per heavy atom. The number of para-hydroxylation sites is 1. The summed E-state index contributed by atoms with van der Waals surface area (Å²) in [5.41, 5.74) is 4.92. The lowest BCUT2D eigenvalue weighted by Crippen LogP contribution is -2.23. The first-order valence-electron chi connectivity index (χ1n) is 13.1. The second-order valence-corrected chi connectivity index (χ2v) is 10.9. The largest absolute Gasteiger partial charge is 0.573 e. The average Bonchev–Trinajstić information content (AvgIpc) is 3.55. The summed E-state index contributed by atoms with van der Waals surface area (Å²) in [5.74, 6) is 0.140. The maximum Gasteiger partial charge on any atom is 0.573 e. The SMILES string of the molecule is CC(C)c1ccccc1/N=C1/SCC(=O)N1/N=C/c1ccc2c(ccc3c2ncn3-c2ccc(OC(F)(F)F)cc2)c1. The first kappa shape index (κ1) is 27.5. The maximum atomic E-state index is 12.6. The number of hydrogen-bond acceptors (Lipinski definition) is 6. The van der Waals surface area contributed by atoms with Crippen molar-refractivity contribution in [3.63, 3.8) is 0 Å². The van der Waals surface area contributed by atoms with E-state index in [0.717, 1.165) is 38.6 Å². The Hall–Kier alpha value is -4.64. The van der Waals surface area contributed by atoms with Gasteiger partial charge in [-0.25, -0.2) is 9.98 Å². The van der Waals surface area contributed by atoms with E-state index in [-0.39, 0.29) is 17.4 Å². The Kier molecular flexibility index (Phi) is 7.19. The molecule has 0 bridgehead atoms. The van der Waals surface area contributed by atoms with Crippen LogP contribution in [-0.4, -0.2) is 44.0 Å². The van der Waals surface area contributed by atoms with Crippen LogP contribution < -0.4 is 4.74 Å². The highest BCUT2D eigenvalue weighted by atomic mass is 32.2. The number of carbonyl (C=O) groups is 1. The molecular formula is C31H24F3N5O2S. The predicted molar refractivity (Wildman–Crippen MR) is 160 cm³/mol. The van der Waals surface area contributed by atoms with Crippen LogP contribution in [0.15, 0.2) is 95.3 Å². The first-order valence-corrected chi connectivity index (χ1v) is 14.1. The summed E-state index contributed by atoms with van der Waals surface area (Å²) in [4.78, 5) is 21.9. The number of amidine groups is 1. The zero-order valence-electron chi connectivity index (χ0n) is 22.5. The van der Waals surface area contributed by atoms with Crippen LogP contribution in [0.5, 0.6) is 5.75 Å². The Labute approximate surface area is 243 Å². The number of alkyl halides is 3. The number of amides is 1. The second-order valence-electron chi connectivity index (χ2n) is 9.92. The van der Waals surface area contributed by atoms with Gasteiger partial charge in [-0.05, 0) is 64.9 Å². The van der Waals surface area contributed by atoms with E-state index in [1.807, 2.05) is 54.6 Å². The normalized spacial score (nSPS) is 15.2. The Morgan fingerprint density at radius 1 is 1.02 bits per heavy atom. The van der Waals surface area contributed by atoms with Crippen LogP contribution >= 0.6 is 11.8 Å². The molecule has 11 heteroatoms. The zero-order valence-corrected chi connectivity index (χ0v) is 23.4. The molecule has 1 saturated heterocycles. The maximum absolute atomic E-state index is 12.6. The topological polar surface area (TPSA) is 72.1 Å². The standard InChI is InChI=1S/C31H24F3N5O2S/c1-19(2)24-5-3-4-6-26(24)37-30-39(28(40)17-42-30)36-16-20-7-13-25-21(15-20)8-14-27-29(25)35-18-38(27)22-9-11-23(12-10-22)41-31(32,33)34/h3-16,18-19H,17H2,1-2H3/b36-16+,37-30+. The van der Waals surface area contributed by atoms with E-state index in [4.69, 9.17) is 4.99 Å². The van der Waals surface area contributed by atoms with Crippen LogP contribution in [0.3, 0.4) is 0 Å². The zero-order chi connectivity index (χ0) is 29.4. The van der Waals surface area contributed by atoms with Gasteiger partial charge in [0, 0.05) is 11.1 Å². The number of carbonyl (C=O) groups excluding carboxylic acids is 1. The molecule has 0 atom stereocenters. The molecule has 1 fully saturated rings. The van der Waals surface area contributed by atoms with Crippen molar-refractivity contribution in [2.75, 3.05) is 5.75 Å². The predicted octanol–water partition coefficient (Wildman–Crippen LogP) is 7.80. The number of aromatic nitrogens is 2. The monoisotopic (exact) mass is 587 g/mol. The molecule has 2 heterocycles. The van der Waals surface area contributed by atoms with Crippen LogP contribution in [-0.2, 0) is 4.79 Å². The van der Waals surface area contributed by atoms with Gasteiger partial charge in [0.2, 0.25) is 0 Å². The minimum atomic E-state index is -4.75. The average molecular weight is 588 g/mol. The molecule has 1 aliphatic rings. The first-order chi connectivity index (χ1) is 20.2. The highest BCUT2D eigenvalue weighted by Gasteiger charge is 2.31. The number of thioether (sulfide) groups is 1. The molecule has 4 aromatic carbocycles. The molecule has 1 aliphatic heterocycles. The van der Waals surface area contributed by atoms with Crippen LogP contribution in [0.25, 0.3) is 27.5 Å². The lowest BCUT2D eigenvalue weighted by atomic mass is 10.0. The number of nitrogens with zero attached hydrogens (tertiary/aromatic N) is 5. The lowest BCUT2D eigenvalue weighted by molar-refractivity contribution is -0.274. The molecule has 0 radical (unpaired) electrons. The van der Waals surface area contributed by atoms with Crippen molar-refractivity contribution in [1.29, 1.82) is 0 Å². The number of aliphatic imine (C=N–C) groups is 1. The summed E-state index contributed by atoms with van der Waals surface area (Å²) < 4.78 is 43.3. The molecule has 0 N–H and O–H groups in total. The van der Waals surface area contributed by atoms with Crippen molar-refractivity contribution < 1.29 is 22.7 Å². The second kappa shape index (κ2) is 11.0. The van der Waals surface area contributed by atoms with Gasteiger partial charge in [0.05, 0.1) is 28.7 Å². The third-order valence-electron chi connectivity index (χ3n) is 6.74. The summed E-state index contributed by atoms with van der Waals surface area (Å²) in [6.45, 7) is 4.21. The summed E-state index contributed by atoms with van der Waals surface area (Å²) in [6, 6.07) is 23.2. The fourth-order valence-corrected chi connectivity index (χ4v) is 5.59. The van der Waals surface area contributed by atoms with E-state index in [1.165, 1.54) is 28.9 Å². The van der Waals surface area contributed by atoms with Gasteiger partial charge in [0.15, 0.2) is 5.17 Å². The van der Waals surface area contributed by atoms with E-state index in [2.05, 4.69) is 28.7 Å². The molecule has 1 amide bonds. The van der Waals surface area contributed by atoms with Gasteiger partial charge in [-0.2, -0.15) is 10.1 Å². The van der Waals surface area contributed by atoms with Crippen LogP contribution in [0.1, 0.15) is 30.9 Å². The Morgan fingerprint density at radius 3 is 2.57 bits per heavy atom. The summed E-state index contributed by atoms with van der Waals surface area (Å²) >= 11 is 1.36. The van der Waals surface area contributed by atoms with Crippen LogP contribution in [0.2, 0.25) is 0 Å². The minimum absolute atomic E-state index is 0.136. The van der Waals surface area contributed by atoms with E-state index in [1.54, 1.807) is 29.2 Å². The van der Waals surface area contributed by atoms with Crippen LogP contribution in [0, 0.1) is 0 Å². The quantitative estimate of drug-likeness (QED) is 0.190. The molecular weight excluding hydrogens is 563 g/mol. The third-order valence-corrected chi connectivity index (χ3v) is 7.66. The third kappa shape index (κ3) is 5.60. The number of benzene rings is 4. The molecule has 0 spiro atoms. The molecule has 1 aromatic heterocycles. The molecule has 6 rings (SSSR count). The van der Waals surface area contributed by atoms with Gasteiger partial charge in [-0.3, -0.25) is 9.36 Å². The van der Waals surface area contributed by atoms with Crippen molar-refractivity contribution in [2.45, 2.75) is 26.1 Å². The van der Waals surface area contributed by atoms with Crippen molar-refractivity contribution in [2.24, 2.45) is 10.1 Å². The number of ether oxygens (including phenoxy) is 1. The van der Waals surface area contributed by atoms with Gasteiger partial charge < -0.3 is 4.74 Å². The smallest absolute Gasteiger partial charge is 0.406 e. The molecule has 5 aromatic rings. The van der Waals surface area contributed by atoms with Crippen LogP contribution in [0.4, 0.5) is 18.9 Å². The van der Waals surface area contributed by atoms with Gasteiger partial charge in [-0.15, -0.1) is 13.2 Å². The van der Waals surface area contributed by atoms with Crippen molar-refractivity contribution in [3.8, 4) is 11.4 Å².